The fourth-order valence-electron chi connectivity index (χ4n) is 2.15. The predicted octanol–water partition coefficient (Wildman–Crippen LogP) is 3.79. The zero-order chi connectivity index (χ0) is 13.0. The van der Waals surface area contributed by atoms with Crippen LogP contribution in [0.25, 0.3) is 0 Å². The molecule has 0 aromatic heterocycles. The maximum absolute atomic E-state index is 6.10. The molecule has 0 amide bonds. The average Bonchev–Trinajstić information content (AvgIpc) is 2.77. The lowest BCUT2D eigenvalue weighted by molar-refractivity contribution is -0.0762. The molecule has 3 nitrogen and oxygen atoms in total. The Bertz CT molecular complexity index is 401. The van der Waals surface area contributed by atoms with E-state index >= 15 is 0 Å². The quantitative estimate of drug-likeness (QED) is 0.823. The summed E-state index contributed by atoms with van der Waals surface area (Å²) >= 11 is 12.0. The highest BCUT2D eigenvalue weighted by atomic mass is 35.5. The van der Waals surface area contributed by atoms with Crippen LogP contribution in [0.2, 0.25) is 10.0 Å². The summed E-state index contributed by atoms with van der Waals surface area (Å²) in [4.78, 5) is 5.86. The summed E-state index contributed by atoms with van der Waals surface area (Å²) in [5.41, 5.74) is 0. The van der Waals surface area contributed by atoms with E-state index in [4.69, 9.17) is 32.8 Å². The zero-order valence-corrected chi connectivity index (χ0v) is 11.9. The average molecular weight is 290 g/mol. The van der Waals surface area contributed by atoms with E-state index in [1.807, 2.05) is 5.06 Å². The molecule has 1 aromatic rings. The smallest absolute Gasteiger partial charge is 0.166 e. The maximum Gasteiger partial charge on any atom is 0.166 e. The van der Waals surface area contributed by atoms with Gasteiger partial charge in [-0.1, -0.05) is 23.2 Å². The summed E-state index contributed by atoms with van der Waals surface area (Å²) < 4.78 is 5.12. The molecule has 1 unspecified atom stereocenters. The van der Waals surface area contributed by atoms with Crippen molar-refractivity contribution >= 4 is 23.2 Å². The van der Waals surface area contributed by atoms with Gasteiger partial charge in [0.1, 0.15) is 0 Å². The van der Waals surface area contributed by atoms with Crippen molar-refractivity contribution in [1.29, 1.82) is 0 Å². The first-order valence-electron chi connectivity index (χ1n) is 6.09. The molecular weight excluding hydrogens is 273 g/mol. The monoisotopic (exact) mass is 289 g/mol. The Labute approximate surface area is 118 Å². The lowest BCUT2D eigenvalue weighted by atomic mass is 10.2. The molecule has 0 spiro atoms. The molecule has 0 radical (unpaired) electrons. The molecule has 1 saturated heterocycles. The van der Waals surface area contributed by atoms with E-state index < -0.39 is 0 Å². The predicted molar refractivity (Wildman–Crippen MR) is 73.3 cm³/mol. The summed E-state index contributed by atoms with van der Waals surface area (Å²) in [6.07, 6.45) is 3.25. The zero-order valence-electron chi connectivity index (χ0n) is 10.4. The topological polar surface area (TPSA) is 21.7 Å². The standard InChI is InChI=1S/C13H17Cl2NO2/c1-17-8-6-11-3-2-7-16(11)18-13-5-4-10(14)9-12(13)15/h4-5,9,11H,2-3,6-8H2,1H3. The SMILES string of the molecule is COCCC1CCCN1Oc1ccc(Cl)cc1Cl. The number of halogens is 2. The van der Waals surface area contributed by atoms with Crippen molar-refractivity contribution in [2.75, 3.05) is 20.3 Å². The van der Waals surface area contributed by atoms with Crippen LogP contribution in [0.1, 0.15) is 19.3 Å². The first-order valence-corrected chi connectivity index (χ1v) is 6.85. The van der Waals surface area contributed by atoms with E-state index in [0.717, 1.165) is 32.4 Å². The van der Waals surface area contributed by atoms with Crippen LogP contribution in [0.4, 0.5) is 0 Å². The number of nitrogens with zero attached hydrogens (tertiary/aromatic N) is 1. The minimum absolute atomic E-state index is 0.400. The van der Waals surface area contributed by atoms with Gasteiger partial charge in [0.05, 0.1) is 5.02 Å². The number of hydrogen-bond donors (Lipinski definition) is 0. The van der Waals surface area contributed by atoms with E-state index in [1.165, 1.54) is 0 Å². The fraction of sp³-hybridized carbons (Fsp3) is 0.538. The van der Waals surface area contributed by atoms with E-state index in [2.05, 4.69) is 0 Å². The van der Waals surface area contributed by atoms with Gasteiger partial charge in [0, 0.05) is 31.3 Å². The number of hydroxylamine groups is 2. The van der Waals surface area contributed by atoms with Crippen LogP contribution >= 0.6 is 23.2 Å². The van der Waals surface area contributed by atoms with Crippen molar-refractivity contribution in [1.82, 2.24) is 5.06 Å². The fourth-order valence-corrected chi connectivity index (χ4v) is 2.59. The van der Waals surface area contributed by atoms with Gasteiger partial charge in [0.25, 0.3) is 0 Å². The lowest BCUT2D eigenvalue weighted by Crippen LogP contribution is -2.33. The second-order valence-electron chi connectivity index (χ2n) is 4.38. The van der Waals surface area contributed by atoms with Crippen molar-refractivity contribution in [3.8, 4) is 5.75 Å². The summed E-state index contributed by atoms with van der Waals surface area (Å²) in [6, 6.07) is 5.68. The number of rotatable bonds is 5. The van der Waals surface area contributed by atoms with E-state index in [1.54, 1.807) is 25.3 Å². The lowest BCUT2D eigenvalue weighted by Gasteiger charge is -2.24. The Hall–Kier alpha value is -0.480. The maximum atomic E-state index is 6.10. The van der Waals surface area contributed by atoms with Crippen LogP contribution in [0.5, 0.6) is 5.75 Å². The van der Waals surface area contributed by atoms with E-state index in [9.17, 15) is 0 Å². The molecule has 0 saturated carbocycles. The van der Waals surface area contributed by atoms with Gasteiger partial charge in [-0.3, -0.25) is 0 Å². The minimum atomic E-state index is 0.400. The number of hydrogen-bond acceptors (Lipinski definition) is 3. The van der Waals surface area contributed by atoms with Gasteiger partial charge in [-0.25, -0.2) is 0 Å². The van der Waals surface area contributed by atoms with Crippen LogP contribution < -0.4 is 4.84 Å². The van der Waals surface area contributed by atoms with Gasteiger partial charge in [-0.05, 0) is 37.5 Å². The molecule has 5 heteroatoms. The third kappa shape index (κ3) is 3.51. The molecule has 1 aliphatic heterocycles. The van der Waals surface area contributed by atoms with Crippen LogP contribution in [-0.4, -0.2) is 31.4 Å². The van der Waals surface area contributed by atoms with Crippen LogP contribution in [0.15, 0.2) is 18.2 Å². The molecule has 0 aliphatic carbocycles. The molecular formula is C13H17Cl2NO2. The summed E-state index contributed by atoms with van der Waals surface area (Å²) in [5.74, 6) is 0.658. The van der Waals surface area contributed by atoms with Crippen molar-refractivity contribution in [3.63, 3.8) is 0 Å². The van der Waals surface area contributed by atoms with E-state index in [-0.39, 0.29) is 0 Å². The summed E-state index contributed by atoms with van der Waals surface area (Å²) in [6.45, 7) is 1.67. The van der Waals surface area contributed by atoms with Crippen molar-refractivity contribution in [2.45, 2.75) is 25.3 Å². The van der Waals surface area contributed by atoms with E-state index in [0.29, 0.717) is 21.8 Å². The Morgan fingerprint density at radius 1 is 1.39 bits per heavy atom. The highest BCUT2D eigenvalue weighted by Crippen LogP contribution is 2.30. The number of methoxy groups -OCH3 is 1. The van der Waals surface area contributed by atoms with Gasteiger partial charge >= 0.3 is 0 Å². The summed E-state index contributed by atoms with van der Waals surface area (Å²) in [5, 5.41) is 3.15. The van der Waals surface area contributed by atoms with Crippen molar-refractivity contribution < 1.29 is 9.57 Å². The molecule has 0 bridgehead atoms. The molecule has 2 rings (SSSR count). The van der Waals surface area contributed by atoms with Gasteiger partial charge in [-0.15, -0.1) is 5.06 Å². The minimum Gasteiger partial charge on any atom is -0.404 e. The van der Waals surface area contributed by atoms with Crippen molar-refractivity contribution in [2.24, 2.45) is 0 Å². The molecule has 18 heavy (non-hydrogen) atoms. The largest absolute Gasteiger partial charge is 0.404 e. The molecule has 1 aromatic carbocycles. The highest BCUT2D eigenvalue weighted by Gasteiger charge is 2.26. The Balaban J connectivity index is 1.99. The van der Waals surface area contributed by atoms with Gasteiger partial charge in [0.15, 0.2) is 5.75 Å². The molecule has 0 N–H and O–H groups in total. The Kier molecular flexibility index (Phi) is 5.13. The third-order valence-electron chi connectivity index (χ3n) is 3.09. The molecule has 100 valence electrons. The second kappa shape index (κ2) is 6.62. The summed E-state index contributed by atoms with van der Waals surface area (Å²) in [7, 11) is 1.72. The second-order valence-corrected chi connectivity index (χ2v) is 5.23. The Morgan fingerprint density at radius 3 is 2.94 bits per heavy atom. The van der Waals surface area contributed by atoms with Gasteiger partial charge < -0.3 is 9.57 Å². The Morgan fingerprint density at radius 2 is 2.22 bits per heavy atom. The molecule has 1 fully saturated rings. The first kappa shape index (κ1) is 13.9. The molecule has 1 aliphatic rings. The third-order valence-corrected chi connectivity index (χ3v) is 3.62. The number of ether oxygens (including phenoxy) is 1. The molecule has 1 atom stereocenters. The van der Waals surface area contributed by atoms with Crippen LogP contribution in [-0.2, 0) is 4.74 Å². The van der Waals surface area contributed by atoms with Crippen molar-refractivity contribution in [3.05, 3.63) is 28.2 Å². The normalized spacial score (nSPS) is 20.3. The highest BCUT2D eigenvalue weighted by molar-refractivity contribution is 6.35. The number of benzene rings is 1. The molecule has 1 heterocycles. The van der Waals surface area contributed by atoms with Gasteiger partial charge in [-0.2, -0.15) is 0 Å². The van der Waals surface area contributed by atoms with Crippen LogP contribution in [0, 0.1) is 0 Å². The van der Waals surface area contributed by atoms with Crippen LogP contribution in [0.3, 0.4) is 0 Å². The first-order chi connectivity index (χ1) is 8.70. The van der Waals surface area contributed by atoms with Gasteiger partial charge in [0.2, 0.25) is 0 Å².